The molecule has 106 valence electrons. The van der Waals surface area contributed by atoms with Crippen LogP contribution < -0.4 is 5.32 Å². The second-order valence-electron chi connectivity index (χ2n) is 5.22. The Morgan fingerprint density at radius 3 is 2.60 bits per heavy atom. The average Bonchev–Trinajstić information content (AvgIpc) is 2.43. The van der Waals surface area contributed by atoms with Gasteiger partial charge in [0.2, 0.25) is 0 Å². The molecule has 0 heterocycles. The minimum Gasteiger partial charge on any atom is -0.309 e. The third-order valence-electron chi connectivity index (χ3n) is 3.65. The molecule has 0 aliphatic heterocycles. The quantitative estimate of drug-likeness (QED) is 0.850. The van der Waals surface area contributed by atoms with E-state index in [0.717, 1.165) is 24.0 Å². The summed E-state index contributed by atoms with van der Waals surface area (Å²) in [7, 11) is 1.94. The van der Waals surface area contributed by atoms with Gasteiger partial charge in [-0.05, 0) is 54.8 Å². The van der Waals surface area contributed by atoms with Crippen LogP contribution in [-0.2, 0) is 6.42 Å². The van der Waals surface area contributed by atoms with Crippen LogP contribution >= 0.6 is 0 Å². The summed E-state index contributed by atoms with van der Waals surface area (Å²) in [5.74, 6) is -0.180. The third kappa shape index (κ3) is 3.26. The Morgan fingerprint density at radius 2 is 1.95 bits per heavy atom. The Kier molecular flexibility index (Phi) is 4.91. The van der Waals surface area contributed by atoms with Gasteiger partial charge in [0.25, 0.3) is 0 Å². The summed E-state index contributed by atoms with van der Waals surface area (Å²) < 4.78 is 13.3. The van der Waals surface area contributed by atoms with E-state index in [-0.39, 0.29) is 11.9 Å². The van der Waals surface area contributed by atoms with Gasteiger partial charge >= 0.3 is 0 Å². The molecule has 1 N–H and O–H groups in total. The molecule has 0 bridgehead atoms. The van der Waals surface area contributed by atoms with Crippen molar-refractivity contribution in [2.24, 2.45) is 0 Å². The summed E-state index contributed by atoms with van der Waals surface area (Å²) in [5, 5.41) is 3.34. The number of aryl methyl sites for hydroxylation is 2. The number of hydrogen-bond donors (Lipinski definition) is 1. The first-order valence-electron chi connectivity index (χ1n) is 7.18. The van der Waals surface area contributed by atoms with Crippen molar-refractivity contribution in [2.45, 2.75) is 32.7 Å². The zero-order chi connectivity index (χ0) is 14.5. The van der Waals surface area contributed by atoms with Gasteiger partial charge in [0.05, 0.1) is 6.04 Å². The highest BCUT2D eigenvalue weighted by Crippen LogP contribution is 2.26. The Morgan fingerprint density at radius 1 is 1.15 bits per heavy atom. The van der Waals surface area contributed by atoms with Crippen LogP contribution in [-0.4, -0.2) is 7.05 Å². The second kappa shape index (κ2) is 6.67. The summed E-state index contributed by atoms with van der Waals surface area (Å²) in [6.07, 6.45) is 2.23. The van der Waals surface area contributed by atoms with Gasteiger partial charge in [-0.15, -0.1) is 0 Å². The topological polar surface area (TPSA) is 12.0 Å². The fraction of sp³-hybridized carbons (Fsp3) is 0.333. The fourth-order valence-corrected chi connectivity index (χ4v) is 2.68. The summed E-state index contributed by atoms with van der Waals surface area (Å²) in [6, 6.07) is 13.7. The van der Waals surface area contributed by atoms with Crippen molar-refractivity contribution in [3.8, 4) is 0 Å². The lowest BCUT2D eigenvalue weighted by atomic mass is 9.93. The van der Waals surface area contributed by atoms with Gasteiger partial charge in [-0.25, -0.2) is 4.39 Å². The van der Waals surface area contributed by atoms with Crippen LogP contribution in [0.5, 0.6) is 0 Å². The van der Waals surface area contributed by atoms with E-state index in [1.807, 2.05) is 20.0 Å². The lowest BCUT2D eigenvalue weighted by Gasteiger charge is -2.20. The number of nitrogens with one attached hydrogen (secondary N) is 1. The summed E-state index contributed by atoms with van der Waals surface area (Å²) in [4.78, 5) is 0. The van der Waals surface area contributed by atoms with E-state index in [9.17, 15) is 4.39 Å². The van der Waals surface area contributed by atoms with Gasteiger partial charge in [0.1, 0.15) is 5.82 Å². The maximum Gasteiger partial charge on any atom is 0.123 e. The van der Waals surface area contributed by atoms with Crippen LogP contribution in [0.4, 0.5) is 4.39 Å². The van der Waals surface area contributed by atoms with Crippen LogP contribution in [0.2, 0.25) is 0 Å². The summed E-state index contributed by atoms with van der Waals surface area (Å²) >= 11 is 0. The molecule has 0 amide bonds. The van der Waals surface area contributed by atoms with E-state index in [1.54, 1.807) is 6.07 Å². The first kappa shape index (κ1) is 14.7. The number of rotatable bonds is 5. The first-order valence-corrected chi connectivity index (χ1v) is 7.18. The summed E-state index contributed by atoms with van der Waals surface area (Å²) in [5.41, 5.74) is 4.69. The standard InChI is InChI=1S/C18H22FN/c1-4-6-14-7-5-8-15(12-14)18(20-3)17-10-9-16(19)11-13(17)2/h5,7-12,18,20H,4,6H2,1-3H3. The van der Waals surface area contributed by atoms with E-state index in [4.69, 9.17) is 0 Å². The number of benzene rings is 2. The lowest BCUT2D eigenvalue weighted by molar-refractivity contribution is 0.621. The van der Waals surface area contributed by atoms with Gasteiger partial charge in [-0.1, -0.05) is 43.7 Å². The molecule has 1 atom stereocenters. The summed E-state index contributed by atoms with van der Waals surface area (Å²) in [6.45, 7) is 4.14. The highest BCUT2D eigenvalue weighted by Gasteiger charge is 2.14. The molecule has 0 spiro atoms. The Balaban J connectivity index is 2.38. The molecule has 0 aromatic heterocycles. The zero-order valence-corrected chi connectivity index (χ0v) is 12.4. The van der Waals surface area contributed by atoms with E-state index in [2.05, 4.69) is 36.5 Å². The molecular formula is C18H22FN. The monoisotopic (exact) mass is 271 g/mol. The molecule has 1 nitrogen and oxygen atoms in total. The Labute approximate surface area is 120 Å². The third-order valence-corrected chi connectivity index (χ3v) is 3.65. The molecule has 0 saturated carbocycles. The van der Waals surface area contributed by atoms with Crippen molar-refractivity contribution in [3.63, 3.8) is 0 Å². The SMILES string of the molecule is CCCc1cccc(C(NC)c2ccc(F)cc2C)c1. The molecule has 0 saturated heterocycles. The van der Waals surface area contributed by atoms with E-state index < -0.39 is 0 Å². The van der Waals surface area contributed by atoms with Crippen molar-refractivity contribution in [1.29, 1.82) is 0 Å². The van der Waals surface area contributed by atoms with Crippen molar-refractivity contribution in [1.82, 2.24) is 5.32 Å². The molecule has 0 fully saturated rings. The molecule has 20 heavy (non-hydrogen) atoms. The zero-order valence-electron chi connectivity index (χ0n) is 12.4. The molecule has 0 aliphatic rings. The minimum absolute atomic E-state index is 0.104. The van der Waals surface area contributed by atoms with Gasteiger partial charge < -0.3 is 5.32 Å². The van der Waals surface area contributed by atoms with Gasteiger partial charge in [-0.2, -0.15) is 0 Å². The highest BCUT2D eigenvalue weighted by atomic mass is 19.1. The molecule has 2 aromatic rings. The van der Waals surface area contributed by atoms with Crippen molar-refractivity contribution in [2.75, 3.05) is 7.05 Å². The van der Waals surface area contributed by atoms with Crippen molar-refractivity contribution in [3.05, 3.63) is 70.5 Å². The van der Waals surface area contributed by atoms with Crippen molar-refractivity contribution < 1.29 is 4.39 Å². The predicted octanol–water partition coefficient (Wildman–Crippen LogP) is 4.40. The van der Waals surface area contributed by atoms with Gasteiger partial charge in [0, 0.05) is 0 Å². The van der Waals surface area contributed by atoms with Crippen LogP contribution in [0.15, 0.2) is 42.5 Å². The van der Waals surface area contributed by atoms with Crippen LogP contribution in [0, 0.1) is 12.7 Å². The molecule has 1 unspecified atom stereocenters. The molecule has 2 rings (SSSR count). The lowest BCUT2D eigenvalue weighted by Crippen LogP contribution is -2.19. The average molecular weight is 271 g/mol. The van der Waals surface area contributed by atoms with Gasteiger partial charge in [-0.3, -0.25) is 0 Å². The second-order valence-corrected chi connectivity index (χ2v) is 5.22. The smallest absolute Gasteiger partial charge is 0.123 e. The maximum atomic E-state index is 13.3. The fourth-order valence-electron chi connectivity index (χ4n) is 2.68. The molecule has 2 aromatic carbocycles. The number of halogens is 1. The number of hydrogen-bond acceptors (Lipinski definition) is 1. The van der Waals surface area contributed by atoms with Crippen LogP contribution in [0.3, 0.4) is 0 Å². The molecular weight excluding hydrogens is 249 g/mol. The normalized spacial score (nSPS) is 12.4. The van der Waals surface area contributed by atoms with Gasteiger partial charge in [0.15, 0.2) is 0 Å². The van der Waals surface area contributed by atoms with E-state index >= 15 is 0 Å². The first-order chi connectivity index (χ1) is 9.65. The minimum atomic E-state index is -0.180. The Hall–Kier alpha value is -1.67. The molecule has 2 heteroatoms. The molecule has 0 radical (unpaired) electrons. The van der Waals surface area contributed by atoms with E-state index in [0.29, 0.717) is 0 Å². The predicted molar refractivity (Wildman–Crippen MR) is 82.5 cm³/mol. The largest absolute Gasteiger partial charge is 0.309 e. The van der Waals surface area contributed by atoms with Crippen molar-refractivity contribution >= 4 is 0 Å². The maximum absolute atomic E-state index is 13.3. The van der Waals surface area contributed by atoms with Crippen LogP contribution in [0.25, 0.3) is 0 Å². The van der Waals surface area contributed by atoms with E-state index in [1.165, 1.54) is 17.2 Å². The van der Waals surface area contributed by atoms with Crippen LogP contribution in [0.1, 0.15) is 41.6 Å². The highest BCUT2D eigenvalue weighted by molar-refractivity contribution is 5.38. The molecule has 0 aliphatic carbocycles. The Bertz CT molecular complexity index is 577.